The maximum Gasteiger partial charge on any atom is 0.322 e. The van der Waals surface area contributed by atoms with E-state index in [9.17, 15) is 4.79 Å². The molecule has 4 nitrogen and oxygen atoms in total. The molecule has 0 atom stereocenters. The van der Waals surface area contributed by atoms with Crippen molar-refractivity contribution in [2.24, 2.45) is 0 Å². The van der Waals surface area contributed by atoms with Crippen LogP contribution in [-0.2, 0) is 0 Å². The highest BCUT2D eigenvalue weighted by atomic mass is 16.5. The highest BCUT2D eigenvalue weighted by molar-refractivity contribution is 5.94. The summed E-state index contributed by atoms with van der Waals surface area (Å²) >= 11 is 0. The number of nitrogens with one attached hydrogen (secondary N) is 1. The summed E-state index contributed by atoms with van der Waals surface area (Å²) in [6.07, 6.45) is 0.941. The first-order valence-corrected chi connectivity index (χ1v) is 6.01. The molecule has 17 heavy (non-hydrogen) atoms. The zero-order valence-electron chi connectivity index (χ0n) is 10.3. The number of ether oxygens (including phenoxy) is 1. The fraction of sp³-hybridized carbons (Fsp3) is 0.462. The van der Waals surface area contributed by atoms with Gasteiger partial charge in [-0.15, -0.1) is 0 Å². The molecule has 1 N–H and O–H groups in total. The number of aryl methyl sites for hydroxylation is 1. The third kappa shape index (κ3) is 2.52. The van der Waals surface area contributed by atoms with Crippen LogP contribution in [0, 0.1) is 6.92 Å². The van der Waals surface area contributed by atoms with Gasteiger partial charge in [-0.25, -0.2) is 4.79 Å². The molecule has 4 heteroatoms. The minimum Gasteiger partial charge on any atom is -0.490 e. The fourth-order valence-electron chi connectivity index (χ4n) is 1.87. The van der Waals surface area contributed by atoms with E-state index in [1.165, 1.54) is 0 Å². The van der Waals surface area contributed by atoms with Crippen molar-refractivity contribution in [2.75, 3.05) is 24.6 Å². The SMILES string of the molecule is CCCNC(=O)N1CCOc2ccc(C)cc21. The van der Waals surface area contributed by atoms with Crippen LogP contribution in [0.5, 0.6) is 5.75 Å². The summed E-state index contributed by atoms with van der Waals surface area (Å²) in [5.74, 6) is 0.786. The highest BCUT2D eigenvalue weighted by Gasteiger charge is 2.23. The monoisotopic (exact) mass is 234 g/mol. The van der Waals surface area contributed by atoms with Crippen molar-refractivity contribution < 1.29 is 9.53 Å². The maximum absolute atomic E-state index is 12.0. The second kappa shape index (κ2) is 5.08. The Morgan fingerprint density at radius 2 is 2.35 bits per heavy atom. The average molecular weight is 234 g/mol. The molecule has 0 aliphatic carbocycles. The van der Waals surface area contributed by atoms with Crippen LogP contribution < -0.4 is 15.0 Å². The molecule has 2 amide bonds. The van der Waals surface area contributed by atoms with Crippen LogP contribution in [0.15, 0.2) is 18.2 Å². The van der Waals surface area contributed by atoms with Crippen molar-refractivity contribution in [3.05, 3.63) is 23.8 Å². The Labute approximate surface area is 102 Å². The number of rotatable bonds is 2. The zero-order chi connectivity index (χ0) is 12.3. The van der Waals surface area contributed by atoms with Crippen LogP contribution in [0.3, 0.4) is 0 Å². The van der Waals surface area contributed by atoms with Crippen molar-refractivity contribution in [3.8, 4) is 5.75 Å². The smallest absolute Gasteiger partial charge is 0.322 e. The Morgan fingerprint density at radius 1 is 1.53 bits per heavy atom. The Bertz CT molecular complexity index is 418. The van der Waals surface area contributed by atoms with Crippen LogP contribution in [-0.4, -0.2) is 25.7 Å². The van der Waals surface area contributed by atoms with E-state index < -0.39 is 0 Å². The van der Waals surface area contributed by atoms with E-state index in [2.05, 4.69) is 5.32 Å². The number of urea groups is 1. The van der Waals surface area contributed by atoms with Gasteiger partial charge in [-0.05, 0) is 31.0 Å². The summed E-state index contributed by atoms with van der Waals surface area (Å²) in [5, 5.41) is 2.89. The number of carbonyl (C=O) groups excluding carboxylic acids is 1. The zero-order valence-corrected chi connectivity index (χ0v) is 10.3. The Kier molecular flexibility index (Phi) is 3.52. The summed E-state index contributed by atoms with van der Waals surface area (Å²) in [4.78, 5) is 13.7. The lowest BCUT2D eigenvalue weighted by atomic mass is 10.1. The highest BCUT2D eigenvalue weighted by Crippen LogP contribution is 2.32. The number of hydrogen-bond acceptors (Lipinski definition) is 2. The predicted molar refractivity (Wildman–Crippen MR) is 67.7 cm³/mol. The van der Waals surface area contributed by atoms with E-state index in [-0.39, 0.29) is 6.03 Å². The summed E-state index contributed by atoms with van der Waals surface area (Å²) in [6.45, 7) is 5.91. The molecule has 1 aliphatic heterocycles. The summed E-state index contributed by atoms with van der Waals surface area (Å²) in [7, 11) is 0. The lowest BCUT2D eigenvalue weighted by Crippen LogP contribution is -2.44. The molecule has 2 rings (SSSR count). The van der Waals surface area contributed by atoms with Gasteiger partial charge in [0.25, 0.3) is 0 Å². The van der Waals surface area contributed by atoms with E-state index >= 15 is 0 Å². The van der Waals surface area contributed by atoms with Crippen molar-refractivity contribution in [1.82, 2.24) is 5.32 Å². The standard InChI is InChI=1S/C13H18N2O2/c1-3-6-14-13(16)15-7-8-17-12-5-4-10(2)9-11(12)15/h4-5,9H,3,6-8H2,1-2H3,(H,14,16). The van der Waals surface area contributed by atoms with E-state index in [1.807, 2.05) is 32.0 Å². The first-order valence-electron chi connectivity index (χ1n) is 6.01. The first-order chi connectivity index (χ1) is 8.22. The minimum absolute atomic E-state index is 0.0398. The van der Waals surface area contributed by atoms with Gasteiger partial charge in [-0.2, -0.15) is 0 Å². The predicted octanol–water partition coefficient (Wildman–Crippen LogP) is 2.31. The molecule has 1 aromatic carbocycles. The molecule has 1 heterocycles. The Morgan fingerprint density at radius 3 is 3.12 bits per heavy atom. The fourth-order valence-corrected chi connectivity index (χ4v) is 1.87. The van der Waals surface area contributed by atoms with Crippen LogP contribution >= 0.6 is 0 Å². The molecule has 0 fully saturated rings. The molecule has 0 radical (unpaired) electrons. The number of nitrogens with zero attached hydrogens (tertiary/aromatic N) is 1. The molecule has 1 aliphatic rings. The van der Waals surface area contributed by atoms with Crippen LogP contribution in [0.25, 0.3) is 0 Å². The van der Waals surface area contributed by atoms with Crippen molar-refractivity contribution >= 4 is 11.7 Å². The Balaban J connectivity index is 2.21. The molecule has 0 spiro atoms. The number of fused-ring (bicyclic) bond motifs is 1. The lowest BCUT2D eigenvalue weighted by Gasteiger charge is -2.29. The van der Waals surface area contributed by atoms with Crippen molar-refractivity contribution in [3.63, 3.8) is 0 Å². The molecule has 0 bridgehead atoms. The summed E-state index contributed by atoms with van der Waals surface area (Å²) < 4.78 is 5.54. The first kappa shape index (κ1) is 11.8. The summed E-state index contributed by atoms with van der Waals surface area (Å²) in [5.41, 5.74) is 1.99. The normalized spacial score (nSPS) is 13.9. The van der Waals surface area contributed by atoms with E-state index in [1.54, 1.807) is 4.90 Å². The number of anilines is 1. The van der Waals surface area contributed by atoms with E-state index in [0.29, 0.717) is 19.7 Å². The quantitative estimate of drug-likeness (QED) is 0.853. The number of amides is 2. The van der Waals surface area contributed by atoms with Gasteiger partial charge in [0.2, 0.25) is 0 Å². The molecular formula is C13H18N2O2. The van der Waals surface area contributed by atoms with Gasteiger partial charge in [0.15, 0.2) is 0 Å². The van der Waals surface area contributed by atoms with Crippen LogP contribution in [0.2, 0.25) is 0 Å². The third-order valence-corrected chi connectivity index (χ3v) is 2.75. The molecule has 0 saturated carbocycles. The van der Waals surface area contributed by atoms with Gasteiger partial charge >= 0.3 is 6.03 Å². The number of benzene rings is 1. The topological polar surface area (TPSA) is 41.6 Å². The molecule has 92 valence electrons. The largest absolute Gasteiger partial charge is 0.490 e. The average Bonchev–Trinajstić information content (AvgIpc) is 2.35. The molecule has 1 aromatic rings. The molecule has 0 unspecified atom stereocenters. The summed E-state index contributed by atoms with van der Waals surface area (Å²) in [6, 6.07) is 5.86. The second-order valence-corrected chi connectivity index (χ2v) is 4.20. The van der Waals surface area contributed by atoms with Gasteiger partial charge in [0, 0.05) is 6.54 Å². The molecule has 0 saturated heterocycles. The molecular weight excluding hydrogens is 216 g/mol. The molecule has 0 aromatic heterocycles. The van der Waals surface area contributed by atoms with Crippen molar-refractivity contribution in [1.29, 1.82) is 0 Å². The van der Waals surface area contributed by atoms with Crippen LogP contribution in [0.1, 0.15) is 18.9 Å². The van der Waals surface area contributed by atoms with Gasteiger partial charge in [-0.1, -0.05) is 13.0 Å². The van der Waals surface area contributed by atoms with Gasteiger partial charge in [-0.3, -0.25) is 4.90 Å². The van der Waals surface area contributed by atoms with E-state index in [0.717, 1.165) is 23.4 Å². The number of carbonyl (C=O) groups is 1. The van der Waals surface area contributed by atoms with Gasteiger partial charge in [0.1, 0.15) is 12.4 Å². The lowest BCUT2D eigenvalue weighted by molar-refractivity contribution is 0.240. The second-order valence-electron chi connectivity index (χ2n) is 4.20. The minimum atomic E-state index is -0.0398. The number of hydrogen-bond donors (Lipinski definition) is 1. The van der Waals surface area contributed by atoms with Gasteiger partial charge < -0.3 is 10.1 Å². The van der Waals surface area contributed by atoms with Gasteiger partial charge in [0.05, 0.1) is 12.2 Å². The van der Waals surface area contributed by atoms with E-state index in [4.69, 9.17) is 4.74 Å². The third-order valence-electron chi connectivity index (χ3n) is 2.75. The Hall–Kier alpha value is -1.71. The maximum atomic E-state index is 12.0. The van der Waals surface area contributed by atoms with Crippen LogP contribution in [0.4, 0.5) is 10.5 Å². The van der Waals surface area contributed by atoms with Crippen molar-refractivity contribution in [2.45, 2.75) is 20.3 Å².